The number of rotatable bonds is 5. The maximum absolute atomic E-state index is 10.5. The van der Waals surface area contributed by atoms with E-state index in [1.54, 1.807) is 11.6 Å². The van der Waals surface area contributed by atoms with Gasteiger partial charge in [-0.2, -0.15) is 9.61 Å². The molecule has 3 N–H and O–H groups in total. The van der Waals surface area contributed by atoms with Gasteiger partial charge < -0.3 is 20.5 Å². The first-order valence-electron chi connectivity index (χ1n) is 11.7. The normalized spacial score (nSPS) is 18.1. The van der Waals surface area contributed by atoms with Crippen molar-refractivity contribution in [1.29, 1.82) is 0 Å². The average molecular weight is 465 g/mol. The predicted molar refractivity (Wildman–Crippen MR) is 131 cm³/mol. The van der Waals surface area contributed by atoms with Gasteiger partial charge in [0.05, 0.1) is 41.8 Å². The Morgan fingerprint density at radius 1 is 1.26 bits per heavy atom. The largest absolute Gasteiger partial charge is 0.497 e. The second-order valence-electron chi connectivity index (χ2n) is 9.73. The summed E-state index contributed by atoms with van der Waals surface area (Å²) in [5.74, 6) is 1.97. The van der Waals surface area contributed by atoms with Gasteiger partial charge in [0.25, 0.3) is 0 Å². The first-order valence-corrected chi connectivity index (χ1v) is 11.7. The monoisotopic (exact) mass is 464 g/mol. The van der Waals surface area contributed by atoms with Crippen molar-refractivity contribution in [2.75, 3.05) is 30.8 Å². The number of nitrogens with zero attached hydrogens (tertiary/aromatic N) is 7. The molecule has 5 rings (SSSR count). The van der Waals surface area contributed by atoms with E-state index in [1.165, 1.54) is 0 Å². The van der Waals surface area contributed by atoms with Gasteiger partial charge in [-0.25, -0.2) is 9.97 Å². The summed E-state index contributed by atoms with van der Waals surface area (Å²) in [6.45, 7) is 9.40. The molecule has 0 unspecified atom stereocenters. The molecule has 0 saturated carbocycles. The van der Waals surface area contributed by atoms with Gasteiger partial charge in [0.1, 0.15) is 5.75 Å². The van der Waals surface area contributed by atoms with Gasteiger partial charge in [-0.1, -0.05) is 0 Å². The van der Waals surface area contributed by atoms with E-state index in [0.717, 1.165) is 59.8 Å². The van der Waals surface area contributed by atoms with Crippen LogP contribution in [0.4, 0.5) is 11.6 Å². The molecule has 180 valence electrons. The summed E-state index contributed by atoms with van der Waals surface area (Å²) < 4.78 is 8.87. The second-order valence-corrected chi connectivity index (χ2v) is 9.73. The highest BCUT2D eigenvalue weighted by atomic mass is 16.5. The van der Waals surface area contributed by atoms with Crippen LogP contribution in [0.5, 0.6) is 5.75 Å². The summed E-state index contributed by atoms with van der Waals surface area (Å²) in [7, 11) is 1.63. The Morgan fingerprint density at radius 3 is 2.79 bits per heavy atom. The number of ether oxygens (including phenoxy) is 1. The van der Waals surface area contributed by atoms with Crippen molar-refractivity contribution in [3.63, 3.8) is 0 Å². The van der Waals surface area contributed by atoms with E-state index in [-0.39, 0.29) is 12.0 Å². The molecule has 3 aromatic heterocycles. The minimum Gasteiger partial charge on any atom is -0.497 e. The molecule has 2 atom stereocenters. The van der Waals surface area contributed by atoms with Gasteiger partial charge in [-0.3, -0.25) is 4.68 Å². The molecule has 1 aromatic carbocycles. The molecule has 1 aliphatic heterocycles. The summed E-state index contributed by atoms with van der Waals surface area (Å²) in [4.78, 5) is 11.8. The van der Waals surface area contributed by atoms with Crippen molar-refractivity contribution in [1.82, 2.24) is 29.4 Å². The van der Waals surface area contributed by atoms with Gasteiger partial charge in [0.15, 0.2) is 11.5 Å². The molecule has 1 saturated heterocycles. The minimum absolute atomic E-state index is 0.135. The topological polar surface area (TPSA) is 120 Å². The van der Waals surface area contributed by atoms with Crippen LogP contribution in [0.3, 0.4) is 0 Å². The van der Waals surface area contributed by atoms with E-state index in [2.05, 4.69) is 21.9 Å². The van der Waals surface area contributed by atoms with Crippen molar-refractivity contribution in [2.24, 2.45) is 0 Å². The average Bonchev–Trinajstić information content (AvgIpc) is 3.42. The Balaban J connectivity index is 1.46. The number of hydrogen-bond donors (Lipinski definition) is 2. The zero-order valence-electron chi connectivity index (χ0n) is 20.4. The van der Waals surface area contributed by atoms with E-state index in [1.807, 2.05) is 49.8 Å². The SMILES string of the molecule is COc1ccc2c(c1)nc(N)n1nc([C@@H]3CCCN(c4cnn([C@H](C)C(C)(C)O)c4C)C3)nc21. The molecule has 4 heterocycles. The highest BCUT2D eigenvalue weighted by Gasteiger charge is 2.30. The Labute approximate surface area is 198 Å². The number of aliphatic hydroxyl groups is 1. The lowest BCUT2D eigenvalue weighted by atomic mass is 9.97. The van der Waals surface area contributed by atoms with Crippen molar-refractivity contribution >= 4 is 28.2 Å². The Bertz CT molecular complexity index is 1350. The molecule has 0 spiro atoms. The van der Waals surface area contributed by atoms with Crippen molar-refractivity contribution in [3.8, 4) is 5.75 Å². The molecular formula is C24H32N8O2. The molecule has 0 radical (unpaired) electrons. The highest BCUT2D eigenvalue weighted by molar-refractivity contribution is 5.93. The number of nitrogen functional groups attached to an aromatic ring is 1. The van der Waals surface area contributed by atoms with E-state index in [9.17, 15) is 5.11 Å². The number of fused-ring (bicyclic) bond motifs is 3. The fourth-order valence-electron chi connectivity index (χ4n) is 4.75. The maximum atomic E-state index is 10.5. The summed E-state index contributed by atoms with van der Waals surface area (Å²) in [5.41, 5.74) is 8.94. The molecule has 0 bridgehead atoms. The van der Waals surface area contributed by atoms with Crippen LogP contribution in [0.2, 0.25) is 0 Å². The van der Waals surface area contributed by atoms with Gasteiger partial charge in [-0.15, -0.1) is 5.10 Å². The summed E-state index contributed by atoms with van der Waals surface area (Å²) in [5, 5.41) is 20.7. The first-order chi connectivity index (χ1) is 16.2. The first kappa shape index (κ1) is 22.4. The number of methoxy groups -OCH3 is 1. The zero-order chi connectivity index (χ0) is 24.2. The standard InChI is InChI=1S/C24H32N8O2/c1-14-20(12-26-31(14)15(2)24(3,4)33)30-10-6-7-16(13-30)21-28-22-18-9-8-17(34-5)11-19(18)27-23(25)32(22)29-21/h8-9,11-12,15-16,33H,6-7,10,13H2,1-5H3,(H2,25,27)/t15-,16-/m1/s1. The van der Waals surface area contributed by atoms with Crippen LogP contribution >= 0.6 is 0 Å². The highest BCUT2D eigenvalue weighted by Crippen LogP contribution is 2.33. The molecular weight excluding hydrogens is 432 g/mol. The van der Waals surface area contributed by atoms with Crippen LogP contribution in [0.1, 0.15) is 57.1 Å². The molecule has 10 nitrogen and oxygen atoms in total. The summed E-state index contributed by atoms with van der Waals surface area (Å²) >= 11 is 0. The third kappa shape index (κ3) is 3.71. The summed E-state index contributed by atoms with van der Waals surface area (Å²) in [6, 6.07) is 5.57. The number of piperidine rings is 1. The Hall–Kier alpha value is -3.40. The molecule has 34 heavy (non-hydrogen) atoms. The molecule has 4 aromatic rings. The molecule has 0 amide bonds. The fourth-order valence-corrected chi connectivity index (χ4v) is 4.75. The number of anilines is 2. The molecule has 1 fully saturated rings. The van der Waals surface area contributed by atoms with Crippen LogP contribution in [-0.4, -0.2) is 60.3 Å². The van der Waals surface area contributed by atoms with Crippen LogP contribution in [0, 0.1) is 6.92 Å². The van der Waals surface area contributed by atoms with Gasteiger partial charge in [0, 0.05) is 30.5 Å². The molecule has 0 aliphatic carbocycles. The quantitative estimate of drug-likeness (QED) is 0.462. The smallest absolute Gasteiger partial charge is 0.223 e. The van der Waals surface area contributed by atoms with E-state index >= 15 is 0 Å². The van der Waals surface area contributed by atoms with E-state index < -0.39 is 5.60 Å². The van der Waals surface area contributed by atoms with Crippen molar-refractivity contribution in [2.45, 2.75) is 58.1 Å². The van der Waals surface area contributed by atoms with Crippen LogP contribution in [-0.2, 0) is 0 Å². The molecule has 1 aliphatic rings. The summed E-state index contributed by atoms with van der Waals surface area (Å²) in [6.07, 6.45) is 3.93. The number of benzene rings is 1. The van der Waals surface area contributed by atoms with Crippen molar-refractivity contribution in [3.05, 3.63) is 35.9 Å². The number of nitrogens with two attached hydrogens (primary N) is 1. The number of hydrogen-bond acceptors (Lipinski definition) is 8. The minimum atomic E-state index is -0.861. The zero-order valence-corrected chi connectivity index (χ0v) is 20.4. The third-order valence-corrected chi connectivity index (χ3v) is 7.06. The van der Waals surface area contributed by atoms with Crippen molar-refractivity contribution < 1.29 is 9.84 Å². The predicted octanol–water partition coefficient (Wildman–Crippen LogP) is 3.09. The van der Waals surface area contributed by atoms with E-state index in [4.69, 9.17) is 20.6 Å². The van der Waals surface area contributed by atoms with Crippen LogP contribution in [0.15, 0.2) is 24.4 Å². The van der Waals surface area contributed by atoms with Crippen LogP contribution in [0.25, 0.3) is 16.6 Å². The Kier molecular flexibility index (Phi) is 5.35. The second kappa shape index (κ2) is 8.12. The lowest BCUT2D eigenvalue weighted by Gasteiger charge is -2.33. The van der Waals surface area contributed by atoms with Gasteiger partial charge in [-0.05, 0) is 52.7 Å². The Morgan fingerprint density at radius 2 is 2.06 bits per heavy atom. The number of aromatic nitrogens is 6. The fraction of sp³-hybridized carbons (Fsp3) is 0.500. The third-order valence-electron chi connectivity index (χ3n) is 7.06. The molecule has 10 heteroatoms. The lowest BCUT2D eigenvalue weighted by molar-refractivity contribution is 0.0250. The van der Waals surface area contributed by atoms with E-state index in [0.29, 0.717) is 11.6 Å². The van der Waals surface area contributed by atoms with Gasteiger partial charge >= 0.3 is 0 Å². The maximum Gasteiger partial charge on any atom is 0.223 e. The van der Waals surface area contributed by atoms with Gasteiger partial charge in [0.2, 0.25) is 5.95 Å². The van der Waals surface area contributed by atoms with Crippen LogP contribution < -0.4 is 15.4 Å². The lowest BCUT2D eigenvalue weighted by Crippen LogP contribution is -2.35.